The van der Waals surface area contributed by atoms with E-state index in [9.17, 15) is 9.90 Å². The molecule has 8 heteroatoms. The van der Waals surface area contributed by atoms with Crippen LogP contribution in [0.2, 0.25) is 0 Å². The molecule has 0 unspecified atom stereocenters. The summed E-state index contributed by atoms with van der Waals surface area (Å²) in [6.45, 7) is 3.89. The molecule has 1 aromatic carbocycles. The Kier molecular flexibility index (Phi) is 5.39. The van der Waals surface area contributed by atoms with E-state index in [-0.39, 0.29) is 12.6 Å². The fourth-order valence-corrected chi connectivity index (χ4v) is 3.74. The predicted octanol–water partition coefficient (Wildman–Crippen LogP) is 3.10. The van der Waals surface area contributed by atoms with Crippen molar-refractivity contribution in [3.63, 3.8) is 0 Å². The number of carbonyl (C=O) groups is 1. The van der Waals surface area contributed by atoms with Gasteiger partial charge in [0, 0.05) is 36.6 Å². The molecule has 31 heavy (non-hydrogen) atoms. The van der Waals surface area contributed by atoms with E-state index < -0.39 is 5.91 Å². The van der Waals surface area contributed by atoms with Crippen LogP contribution in [0.4, 0.5) is 5.69 Å². The van der Waals surface area contributed by atoms with Crippen LogP contribution in [0.15, 0.2) is 48.9 Å². The number of rotatable bonds is 6. The Morgan fingerprint density at radius 1 is 1.19 bits per heavy atom. The highest BCUT2D eigenvalue weighted by Crippen LogP contribution is 2.33. The Morgan fingerprint density at radius 2 is 1.97 bits per heavy atom. The molecule has 4 rings (SSSR count). The summed E-state index contributed by atoms with van der Waals surface area (Å²) in [5.74, 6) is -0.554. The van der Waals surface area contributed by atoms with E-state index in [1.807, 2.05) is 51.4 Å². The molecule has 3 aromatic heterocycles. The maximum atomic E-state index is 12.2. The van der Waals surface area contributed by atoms with Gasteiger partial charge >= 0.3 is 0 Å². The zero-order chi connectivity index (χ0) is 22.1. The molecule has 1 atom stereocenters. The summed E-state index contributed by atoms with van der Waals surface area (Å²) in [4.78, 5) is 20.8. The van der Waals surface area contributed by atoms with Crippen molar-refractivity contribution in [2.45, 2.75) is 26.5 Å². The number of nitrogens with one attached hydrogen (secondary N) is 1. The second-order valence-electron chi connectivity index (χ2n) is 7.58. The fourth-order valence-electron chi connectivity index (χ4n) is 3.74. The molecule has 3 heterocycles. The molecule has 0 aliphatic rings. The molecule has 1 amide bonds. The summed E-state index contributed by atoms with van der Waals surface area (Å²) in [5.41, 5.74) is 11.7. The molecule has 4 N–H and O–H groups in total. The van der Waals surface area contributed by atoms with Crippen LogP contribution < -0.4 is 11.1 Å². The van der Waals surface area contributed by atoms with E-state index in [0.29, 0.717) is 16.9 Å². The van der Waals surface area contributed by atoms with E-state index >= 15 is 0 Å². The number of hydrogen-bond acceptors (Lipinski definition) is 6. The quantitative estimate of drug-likeness (QED) is 0.444. The molecule has 4 aromatic rings. The van der Waals surface area contributed by atoms with Gasteiger partial charge in [-0.15, -0.1) is 0 Å². The SMILES string of the molecule is Cc1cn(C)nc1[C@H](C)Nc1c(C(N)=O)cnc2ccc(-c3ccc(CO)nc3)cc12. The lowest BCUT2D eigenvalue weighted by atomic mass is 10.0. The first-order valence-corrected chi connectivity index (χ1v) is 9.92. The first kappa shape index (κ1) is 20.5. The number of aromatic nitrogens is 4. The molecule has 0 saturated heterocycles. The van der Waals surface area contributed by atoms with Crippen LogP contribution in [0, 0.1) is 6.92 Å². The number of aliphatic hydroxyl groups is 1. The molecule has 0 aliphatic carbocycles. The third-order valence-electron chi connectivity index (χ3n) is 5.27. The summed E-state index contributed by atoms with van der Waals surface area (Å²) >= 11 is 0. The average molecular weight is 416 g/mol. The standard InChI is InChI=1S/C23H24N6O2/c1-13-11-29(3)28-21(13)14(2)27-22-18-8-15(16-4-6-17(12-30)25-9-16)5-7-20(18)26-10-19(22)23(24)31/h4-11,14,30H,12H2,1-3H3,(H2,24,31)(H,26,27)/t14-/m0/s1. The van der Waals surface area contributed by atoms with Crippen molar-refractivity contribution in [2.75, 3.05) is 5.32 Å². The largest absolute Gasteiger partial charge is 0.390 e. The molecule has 0 saturated carbocycles. The maximum absolute atomic E-state index is 12.2. The summed E-state index contributed by atoms with van der Waals surface area (Å²) < 4.78 is 1.77. The summed E-state index contributed by atoms with van der Waals surface area (Å²) in [6, 6.07) is 9.34. The minimum Gasteiger partial charge on any atom is -0.390 e. The van der Waals surface area contributed by atoms with E-state index in [1.165, 1.54) is 6.20 Å². The van der Waals surface area contributed by atoms with Crippen LogP contribution in [0.25, 0.3) is 22.0 Å². The topological polar surface area (TPSA) is 119 Å². The minimum absolute atomic E-state index is 0.108. The van der Waals surface area contributed by atoms with Crippen molar-refractivity contribution in [3.05, 3.63) is 71.4 Å². The highest BCUT2D eigenvalue weighted by molar-refractivity contribution is 6.07. The van der Waals surface area contributed by atoms with E-state index in [2.05, 4.69) is 20.4 Å². The lowest BCUT2D eigenvalue weighted by Crippen LogP contribution is -2.17. The van der Waals surface area contributed by atoms with Gasteiger partial charge in [-0.3, -0.25) is 19.4 Å². The Balaban J connectivity index is 1.83. The highest BCUT2D eigenvalue weighted by atomic mass is 16.3. The molecule has 0 aliphatic heterocycles. The normalized spacial score (nSPS) is 12.1. The zero-order valence-corrected chi connectivity index (χ0v) is 17.6. The van der Waals surface area contributed by atoms with Gasteiger partial charge in [0.1, 0.15) is 0 Å². The summed E-state index contributed by atoms with van der Waals surface area (Å²) in [6.07, 6.45) is 5.17. The van der Waals surface area contributed by atoms with Crippen molar-refractivity contribution in [3.8, 4) is 11.1 Å². The van der Waals surface area contributed by atoms with Gasteiger partial charge in [0.2, 0.25) is 0 Å². The second kappa shape index (κ2) is 8.16. The monoisotopic (exact) mass is 416 g/mol. The van der Waals surface area contributed by atoms with Gasteiger partial charge in [-0.05, 0) is 43.2 Å². The van der Waals surface area contributed by atoms with Gasteiger partial charge in [-0.25, -0.2) is 0 Å². The van der Waals surface area contributed by atoms with Gasteiger partial charge in [0.25, 0.3) is 5.91 Å². The molecule has 0 fully saturated rings. The van der Waals surface area contributed by atoms with Crippen molar-refractivity contribution in [1.82, 2.24) is 19.7 Å². The van der Waals surface area contributed by atoms with Crippen LogP contribution in [0.3, 0.4) is 0 Å². The number of primary amides is 1. The Morgan fingerprint density at radius 3 is 2.58 bits per heavy atom. The number of pyridine rings is 2. The molecule has 0 radical (unpaired) electrons. The molecule has 158 valence electrons. The fraction of sp³-hybridized carbons (Fsp3) is 0.217. The number of hydrogen-bond donors (Lipinski definition) is 3. The van der Waals surface area contributed by atoms with Crippen LogP contribution in [-0.2, 0) is 13.7 Å². The highest BCUT2D eigenvalue weighted by Gasteiger charge is 2.19. The Bertz CT molecular complexity index is 1260. The number of aliphatic hydroxyl groups excluding tert-OH is 1. The number of benzene rings is 1. The molecule has 0 spiro atoms. The van der Waals surface area contributed by atoms with Crippen LogP contribution in [0.5, 0.6) is 0 Å². The number of carbonyl (C=O) groups excluding carboxylic acids is 1. The number of aryl methyl sites for hydroxylation is 2. The van der Waals surface area contributed by atoms with Gasteiger partial charge in [-0.2, -0.15) is 5.10 Å². The third-order valence-corrected chi connectivity index (χ3v) is 5.27. The van der Waals surface area contributed by atoms with Gasteiger partial charge in [-0.1, -0.05) is 12.1 Å². The molecule has 0 bridgehead atoms. The number of nitrogens with two attached hydrogens (primary N) is 1. The van der Waals surface area contributed by atoms with Crippen LogP contribution >= 0.6 is 0 Å². The average Bonchev–Trinajstić information content (AvgIpc) is 3.11. The van der Waals surface area contributed by atoms with E-state index in [1.54, 1.807) is 16.9 Å². The number of nitrogens with zero attached hydrogens (tertiary/aromatic N) is 4. The van der Waals surface area contributed by atoms with Crippen molar-refractivity contribution in [2.24, 2.45) is 12.8 Å². The third kappa shape index (κ3) is 3.97. The van der Waals surface area contributed by atoms with E-state index in [0.717, 1.165) is 33.3 Å². The molecule has 8 nitrogen and oxygen atoms in total. The van der Waals surface area contributed by atoms with Gasteiger partial charge < -0.3 is 16.2 Å². The number of fused-ring (bicyclic) bond motifs is 1. The van der Waals surface area contributed by atoms with Gasteiger partial charge in [0.15, 0.2) is 0 Å². The smallest absolute Gasteiger partial charge is 0.252 e. The lowest BCUT2D eigenvalue weighted by Gasteiger charge is -2.19. The molecular weight excluding hydrogens is 392 g/mol. The first-order chi connectivity index (χ1) is 14.9. The number of amides is 1. The van der Waals surface area contributed by atoms with Crippen molar-refractivity contribution in [1.29, 1.82) is 0 Å². The number of anilines is 1. The first-order valence-electron chi connectivity index (χ1n) is 9.92. The maximum Gasteiger partial charge on any atom is 0.252 e. The zero-order valence-electron chi connectivity index (χ0n) is 17.6. The van der Waals surface area contributed by atoms with Crippen molar-refractivity contribution < 1.29 is 9.90 Å². The van der Waals surface area contributed by atoms with Crippen molar-refractivity contribution >= 4 is 22.5 Å². The summed E-state index contributed by atoms with van der Waals surface area (Å²) in [7, 11) is 1.88. The predicted molar refractivity (Wildman–Crippen MR) is 119 cm³/mol. The Hall–Kier alpha value is -3.78. The Labute approximate surface area is 179 Å². The minimum atomic E-state index is -0.554. The summed E-state index contributed by atoms with van der Waals surface area (Å²) in [5, 5.41) is 18.0. The van der Waals surface area contributed by atoms with E-state index in [4.69, 9.17) is 5.73 Å². The molecular formula is C23H24N6O2. The van der Waals surface area contributed by atoms with Gasteiger partial charge in [0.05, 0.1) is 40.8 Å². The second-order valence-corrected chi connectivity index (χ2v) is 7.58. The lowest BCUT2D eigenvalue weighted by molar-refractivity contribution is 0.100. The van der Waals surface area contributed by atoms with Crippen LogP contribution in [0.1, 0.15) is 40.3 Å². The van der Waals surface area contributed by atoms with Crippen LogP contribution in [-0.4, -0.2) is 30.8 Å².